The molecule has 0 saturated carbocycles. The number of carbonyl (C=O) groups is 1. The quantitative estimate of drug-likeness (QED) is 0.646. The Hall–Kier alpha value is -0.990. The lowest BCUT2D eigenvalue weighted by Gasteiger charge is -1.98. The van der Waals surface area contributed by atoms with Crippen molar-refractivity contribution in [2.24, 2.45) is 0 Å². The van der Waals surface area contributed by atoms with Crippen molar-refractivity contribution in [2.75, 3.05) is 6.54 Å². The molecular formula is C8H19NO2. The van der Waals surface area contributed by atoms with Crippen molar-refractivity contribution >= 4 is 6.09 Å². The topological polar surface area (TPSA) is 38.3 Å². The molecule has 0 aliphatic carbocycles. The first-order chi connectivity index (χ1) is 5.31. The van der Waals surface area contributed by atoms with E-state index in [0.29, 0.717) is 6.54 Å². The second-order valence-corrected chi connectivity index (χ2v) is 1.50. The monoisotopic (exact) mass is 161 g/mol. The van der Waals surface area contributed by atoms with Crippen molar-refractivity contribution in [1.29, 1.82) is 0 Å². The number of ether oxygens (including phenoxy) is 1. The predicted molar refractivity (Wildman–Crippen MR) is 48.4 cm³/mol. The van der Waals surface area contributed by atoms with Crippen molar-refractivity contribution in [1.82, 2.24) is 5.32 Å². The number of amides is 1. The number of alkyl carbamates (subject to hydrolysis) is 1. The summed E-state index contributed by atoms with van der Waals surface area (Å²) in [5, 5.41) is 2.50. The van der Waals surface area contributed by atoms with Crippen LogP contribution in [0, 0.1) is 0 Å². The van der Waals surface area contributed by atoms with E-state index in [4.69, 9.17) is 0 Å². The number of carbonyl (C=O) groups excluding carboxylic acids is 1. The lowest BCUT2D eigenvalue weighted by molar-refractivity contribution is 0.186. The van der Waals surface area contributed by atoms with E-state index < -0.39 is 6.09 Å². The maximum absolute atomic E-state index is 10.4. The molecule has 0 rings (SSSR count). The van der Waals surface area contributed by atoms with Crippen molar-refractivity contribution in [2.45, 2.75) is 27.2 Å². The molecule has 0 radical (unpaired) electrons. The zero-order valence-corrected chi connectivity index (χ0v) is 7.52. The summed E-state index contributed by atoms with van der Waals surface area (Å²) in [6, 6.07) is 0. The highest BCUT2D eigenvalue weighted by atomic mass is 16.5. The number of rotatable bonds is 3. The van der Waals surface area contributed by atoms with Gasteiger partial charge in [0.05, 0.1) is 6.26 Å². The molecule has 3 heteroatoms. The van der Waals surface area contributed by atoms with Crippen LogP contribution in [0.4, 0.5) is 4.79 Å². The SMILES string of the molecule is C=COC(=O)NCCC.CC.[HH]. The third kappa shape index (κ3) is 12.3. The van der Waals surface area contributed by atoms with E-state index in [1.54, 1.807) is 0 Å². The van der Waals surface area contributed by atoms with Crippen molar-refractivity contribution in [3.8, 4) is 0 Å². The van der Waals surface area contributed by atoms with E-state index in [2.05, 4.69) is 16.6 Å². The highest BCUT2D eigenvalue weighted by molar-refractivity contribution is 5.67. The Morgan fingerprint density at radius 3 is 2.64 bits per heavy atom. The summed E-state index contributed by atoms with van der Waals surface area (Å²) < 4.78 is 4.36. The van der Waals surface area contributed by atoms with Crippen LogP contribution >= 0.6 is 0 Å². The van der Waals surface area contributed by atoms with Gasteiger partial charge in [0.1, 0.15) is 0 Å². The van der Waals surface area contributed by atoms with Crippen LogP contribution in [0.25, 0.3) is 0 Å². The molecule has 0 spiro atoms. The van der Waals surface area contributed by atoms with Crippen molar-refractivity contribution < 1.29 is 11.0 Å². The predicted octanol–water partition coefficient (Wildman–Crippen LogP) is 2.54. The summed E-state index contributed by atoms with van der Waals surface area (Å²) in [6.45, 7) is 9.84. The molecule has 1 amide bonds. The van der Waals surface area contributed by atoms with Crippen LogP contribution in [-0.4, -0.2) is 12.6 Å². The zero-order valence-electron chi connectivity index (χ0n) is 7.52. The fraction of sp³-hybridized carbons (Fsp3) is 0.625. The van der Waals surface area contributed by atoms with Gasteiger partial charge in [-0.25, -0.2) is 4.79 Å². The Kier molecular flexibility index (Phi) is 13.5. The Balaban J connectivity index is -0.000000249. The van der Waals surface area contributed by atoms with Gasteiger partial charge >= 0.3 is 6.09 Å². The molecular weight excluding hydrogens is 142 g/mol. The van der Waals surface area contributed by atoms with E-state index in [1.807, 2.05) is 20.8 Å². The highest BCUT2D eigenvalue weighted by Crippen LogP contribution is 1.77. The third-order valence-electron chi connectivity index (χ3n) is 0.710. The second-order valence-electron chi connectivity index (χ2n) is 1.50. The minimum Gasteiger partial charge on any atom is -0.419 e. The first kappa shape index (κ1) is 12.7. The van der Waals surface area contributed by atoms with E-state index in [9.17, 15) is 4.79 Å². The van der Waals surface area contributed by atoms with Gasteiger partial charge in [0.25, 0.3) is 0 Å². The van der Waals surface area contributed by atoms with E-state index >= 15 is 0 Å². The van der Waals surface area contributed by atoms with Gasteiger partial charge < -0.3 is 10.1 Å². The van der Waals surface area contributed by atoms with Crippen LogP contribution in [0.1, 0.15) is 28.6 Å². The molecule has 0 atom stereocenters. The maximum atomic E-state index is 10.4. The zero-order chi connectivity index (χ0) is 9.11. The highest BCUT2D eigenvalue weighted by Gasteiger charge is 1.93. The number of nitrogens with one attached hydrogen (secondary N) is 1. The van der Waals surface area contributed by atoms with E-state index in [0.717, 1.165) is 12.7 Å². The summed E-state index contributed by atoms with van der Waals surface area (Å²) in [6.07, 6.45) is 1.57. The van der Waals surface area contributed by atoms with Gasteiger partial charge in [-0.1, -0.05) is 27.4 Å². The largest absolute Gasteiger partial charge is 0.419 e. The second kappa shape index (κ2) is 11.8. The van der Waals surface area contributed by atoms with Crippen LogP contribution in [-0.2, 0) is 4.74 Å². The third-order valence-corrected chi connectivity index (χ3v) is 0.710. The number of hydrogen-bond donors (Lipinski definition) is 1. The van der Waals surface area contributed by atoms with Gasteiger partial charge in [0.15, 0.2) is 0 Å². The molecule has 0 aliphatic heterocycles. The van der Waals surface area contributed by atoms with Crippen LogP contribution < -0.4 is 5.32 Å². The molecule has 3 nitrogen and oxygen atoms in total. The summed E-state index contributed by atoms with van der Waals surface area (Å²) in [4.78, 5) is 10.4. The lowest BCUT2D eigenvalue weighted by atomic mass is 10.5. The van der Waals surface area contributed by atoms with E-state index in [-0.39, 0.29) is 1.43 Å². The van der Waals surface area contributed by atoms with Crippen molar-refractivity contribution in [3.05, 3.63) is 12.8 Å². The first-order valence-electron chi connectivity index (χ1n) is 3.86. The van der Waals surface area contributed by atoms with Crippen LogP contribution in [0.5, 0.6) is 0 Å². The minimum atomic E-state index is -0.438. The molecule has 0 heterocycles. The van der Waals surface area contributed by atoms with Crippen LogP contribution in [0.15, 0.2) is 12.8 Å². The smallest absolute Gasteiger partial charge is 0.411 e. The molecule has 0 fully saturated rings. The van der Waals surface area contributed by atoms with Crippen LogP contribution in [0.2, 0.25) is 0 Å². The maximum Gasteiger partial charge on any atom is 0.411 e. The first-order valence-corrected chi connectivity index (χ1v) is 3.86. The molecule has 0 aromatic carbocycles. The Morgan fingerprint density at radius 2 is 2.27 bits per heavy atom. The molecule has 0 aromatic rings. The Labute approximate surface area is 69.9 Å². The Morgan fingerprint density at radius 1 is 1.73 bits per heavy atom. The summed E-state index contributed by atoms with van der Waals surface area (Å²) in [5.74, 6) is 0. The Bertz CT molecular complexity index is 107. The fourth-order valence-electron chi connectivity index (χ4n) is 0.344. The summed E-state index contributed by atoms with van der Waals surface area (Å²) >= 11 is 0. The summed E-state index contributed by atoms with van der Waals surface area (Å²) in [5.41, 5.74) is 0. The molecule has 0 bridgehead atoms. The summed E-state index contributed by atoms with van der Waals surface area (Å²) in [7, 11) is 0. The minimum absolute atomic E-state index is 0. The van der Waals surface area contributed by atoms with Crippen molar-refractivity contribution in [3.63, 3.8) is 0 Å². The van der Waals surface area contributed by atoms with Gasteiger partial charge in [0.2, 0.25) is 0 Å². The molecule has 0 aromatic heterocycles. The van der Waals surface area contributed by atoms with Gasteiger partial charge in [-0.05, 0) is 6.42 Å². The molecule has 1 N–H and O–H groups in total. The van der Waals surface area contributed by atoms with Gasteiger partial charge in [-0.2, -0.15) is 0 Å². The average Bonchev–Trinajstić information content (AvgIpc) is 2.05. The van der Waals surface area contributed by atoms with Gasteiger partial charge in [-0.3, -0.25) is 0 Å². The molecule has 0 saturated heterocycles. The molecule has 11 heavy (non-hydrogen) atoms. The van der Waals surface area contributed by atoms with Crippen LogP contribution in [0.3, 0.4) is 0 Å². The standard InChI is InChI=1S/C6H11NO2.C2H6.H2/c1-3-5-7-6(8)9-4-2;1-2;/h4H,2-3,5H2,1H3,(H,7,8);1-2H3;1H. The molecule has 68 valence electrons. The van der Waals surface area contributed by atoms with Gasteiger partial charge in [-0.15, -0.1) is 0 Å². The molecule has 0 unspecified atom stereocenters. The lowest BCUT2D eigenvalue weighted by Crippen LogP contribution is -2.22. The van der Waals surface area contributed by atoms with E-state index in [1.165, 1.54) is 0 Å². The molecule has 0 aliphatic rings. The number of hydrogen-bond acceptors (Lipinski definition) is 2. The normalized spacial score (nSPS) is 7.18. The average molecular weight is 161 g/mol. The fourth-order valence-corrected chi connectivity index (χ4v) is 0.344. The van der Waals surface area contributed by atoms with Gasteiger partial charge in [0, 0.05) is 7.97 Å².